The van der Waals surface area contributed by atoms with Crippen molar-refractivity contribution in [3.8, 4) is 11.6 Å². The van der Waals surface area contributed by atoms with E-state index in [1.54, 1.807) is 27.7 Å². The zero-order valence-electron chi connectivity index (χ0n) is 24.1. The summed E-state index contributed by atoms with van der Waals surface area (Å²) in [6.07, 6.45) is 1.56. The van der Waals surface area contributed by atoms with Crippen molar-refractivity contribution in [2.75, 3.05) is 0 Å². The van der Waals surface area contributed by atoms with E-state index in [2.05, 4.69) is 39.0 Å². The van der Waals surface area contributed by atoms with Crippen molar-refractivity contribution in [2.45, 2.75) is 105 Å². The predicted molar refractivity (Wildman–Crippen MR) is 149 cm³/mol. The minimum atomic E-state index is -1.10. The van der Waals surface area contributed by atoms with Crippen LogP contribution >= 0.6 is 0 Å². The topological polar surface area (TPSA) is 74.7 Å². The van der Waals surface area contributed by atoms with Crippen LogP contribution in [0.25, 0.3) is 0 Å². The fourth-order valence-electron chi connectivity index (χ4n) is 4.23. The molecule has 0 aliphatic carbocycles. The van der Waals surface area contributed by atoms with E-state index < -0.39 is 17.9 Å². The molecule has 0 bridgehead atoms. The molecule has 37 heavy (non-hydrogen) atoms. The van der Waals surface area contributed by atoms with Crippen LogP contribution in [0.4, 0.5) is 0 Å². The molecule has 7 heteroatoms. The van der Waals surface area contributed by atoms with Crippen LogP contribution in [0.3, 0.4) is 0 Å². The van der Waals surface area contributed by atoms with Crippen molar-refractivity contribution in [2.24, 2.45) is 5.92 Å². The Kier molecular flexibility index (Phi) is 11.7. The van der Waals surface area contributed by atoms with Gasteiger partial charge in [0.15, 0.2) is 0 Å². The molecule has 203 valence electrons. The van der Waals surface area contributed by atoms with Crippen LogP contribution in [-0.2, 0) is 25.5 Å². The van der Waals surface area contributed by atoms with Gasteiger partial charge in [-0.3, -0.25) is 0 Å². The van der Waals surface area contributed by atoms with E-state index in [4.69, 9.17) is 19.2 Å². The summed E-state index contributed by atoms with van der Waals surface area (Å²) < 4.78 is 19.2. The van der Waals surface area contributed by atoms with Crippen LogP contribution in [0.5, 0.6) is 11.6 Å². The number of benzene rings is 1. The molecular formula is C30H43AsNO5. The number of ether oxygens (including phenoxy) is 3. The summed E-state index contributed by atoms with van der Waals surface area (Å²) >= 11 is -0.241. The zero-order chi connectivity index (χ0) is 27.9. The second kappa shape index (κ2) is 14.0. The molecule has 2 aromatic rings. The van der Waals surface area contributed by atoms with Crippen LogP contribution in [0.2, 0.25) is 4.71 Å². The maximum absolute atomic E-state index is 13.1. The number of rotatable bonds is 12. The minimum absolute atomic E-state index is 0.120. The van der Waals surface area contributed by atoms with E-state index in [9.17, 15) is 9.59 Å². The summed E-state index contributed by atoms with van der Waals surface area (Å²) in [5.74, 6) is -1.07. The van der Waals surface area contributed by atoms with Crippen molar-refractivity contribution in [1.82, 2.24) is 4.98 Å². The molecule has 1 aromatic carbocycles. The Morgan fingerprint density at radius 3 is 1.84 bits per heavy atom. The van der Waals surface area contributed by atoms with Gasteiger partial charge in [0.1, 0.15) is 0 Å². The third-order valence-corrected chi connectivity index (χ3v) is 9.66. The van der Waals surface area contributed by atoms with Gasteiger partial charge in [0.25, 0.3) is 0 Å². The fourth-order valence-corrected chi connectivity index (χ4v) is 7.09. The number of aryl methyl sites for hydroxylation is 4. The Morgan fingerprint density at radius 1 is 0.865 bits per heavy atom. The van der Waals surface area contributed by atoms with E-state index >= 15 is 0 Å². The summed E-state index contributed by atoms with van der Waals surface area (Å²) in [6, 6.07) is 6.25. The molecule has 0 fully saturated rings. The van der Waals surface area contributed by atoms with E-state index in [0.717, 1.165) is 50.9 Å². The summed E-state index contributed by atoms with van der Waals surface area (Å²) in [7, 11) is 0. The molecular weight excluding hydrogens is 529 g/mol. The number of pyridine rings is 1. The van der Waals surface area contributed by atoms with Crippen LogP contribution in [0.15, 0.2) is 18.2 Å². The van der Waals surface area contributed by atoms with Crippen LogP contribution < -0.4 is 9.09 Å². The van der Waals surface area contributed by atoms with Gasteiger partial charge < -0.3 is 0 Å². The first-order chi connectivity index (χ1) is 17.4. The van der Waals surface area contributed by atoms with Gasteiger partial charge in [-0.15, -0.1) is 0 Å². The number of carbonyl (C=O) groups excluding carboxylic acids is 2. The van der Waals surface area contributed by atoms with Gasteiger partial charge in [-0.05, 0) is 0 Å². The molecule has 0 N–H and O–H groups in total. The molecule has 0 amide bonds. The van der Waals surface area contributed by atoms with Gasteiger partial charge in [-0.25, -0.2) is 0 Å². The quantitative estimate of drug-likeness (QED) is 0.174. The van der Waals surface area contributed by atoms with E-state index in [0.29, 0.717) is 10.6 Å². The normalized spacial score (nSPS) is 11.8. The molecule has 0 unspecified atom stereocenters. The number of carbonyl (C=O) groups is 2. The first-order valence-electron chi connectivity index (χ1n) is 13.2. The van der Waals surface area contributed by atoms with E-state index in [1.165, 1.54) is 0 Å². The molecule has 0 atom stereocenters. The molecule has 0 aliphatic heterocycles. The van der Waals surface area contributed by atoms with Crippen LogP contribution in [0.1, 0.15) is 82.3 Å². The molecule has 1 radical (unpaired) electrons. The standard InChI is InChI=1S/C30H43AsNO5/c1-11-23(12-2)31-26-15-22(10)32-28(37-27-20(8)13-19(7)14-21(27)9)24(26)16-25(29(33)35-17(3)4)30(34)36-18(5)6/h13-15,17-18,23,25H,11-12,16H2,1-10H3. The van der Waals surface area contributed by atoms with Crippen molar-refractivity contribution < 1.29 is 23.8 Å². The summed E-state index contributed by atoms with van der Waals surface area (Å²) in [5, 5.41) is 0. The monoisotopic (exact) mass is 572 g/mol. The molecule has 0 spiro atoms. The number of aromatic nitrogens is 1. The van der Waals surface area contributed by atoms with Crippen molar-refractivity contribution >= 4 is 32.0 Å². The molecule has 0 aliphatic rings. The molecule has 6 nitrogen and oxygen atoms in total. The predicted octanol–water partition coefficient (Wildman–Crippen LogP) is 6.11. The Balaban J connectivity index is 2.68. The van der Waals surface area contributed by atoms with Crippen LogP contribution in [-0.4, -0.2) is 44.9 Å². The molecule has 1 aromatic heterocycles. The number of hydrogen-bond acceptors (Lipinski definition) is 6. The SMILES string of the molecule is CCC(CC)[As]c1cc(C)nc(Oc2c(C)cc(C)cc2C)c1CC(C(=O)OC(C)C)C(=O)OC(C)C. The van der Waals surface area contributed by atoms with Crippen LogP contribution in [0, 0.1) is 33.6 Å². The number of esters is 2. The summed E-state index contributed by atoms with van der Waals surface area (Å²) in [4.78, 5) is 31.0. The Bertz CT molecular complexity index is 1050. The number of nitrogens with zero attached hydrogens (tertiary/aromatic N) is 1. The molecule has 0 saturated carbocycles. The van der Waals surface area contributed by atoms with Crippen molar-refractivity contribution in [1.29, 1.82) is 0 Å². The fraction of sp³-hybridized carbons (Fsp3) is 0.567. The van der Waals surface area contributed by atoms with Gasteiger partial charge in [0.05, 0.1) is 0 Å². The van der Waals surface area contributed by atoms with Gasteiger partial charge >= 0.3 is 230 Å². The van der Waals surface area contributed by atoms with Gasteiger partial charge in [-0.2, -0.15) is 0 Å². The van der Waals surface area contributed by atoms with Gasteiger partial charge in [0.2, 0.25) is 0 Å². The Hall–Kier alpha value is -2.33. The third kappa shape index (κ3) is 8.88. The first-order valence-corrected chi connectivity index (χ1v) is 15.3. The average molecular weight is 573 g/mol. The van der Waals surface area contributed by atoms with Gasteiger partial charge in [0, 0.05) is 0 Å². The maximum atomic E-state index is 13.1. The van der Waals surface area contributed by atoms with Crippen molar-refractivity contribution in [3.63, 3.8) is 0 Å². The average Bonchev–Trinajstić information content (AvgIpc) is 2.77. The zero-order valence-corrected chi connectivity index (χ0v) is 26.0. The Labute approximate surface area is 229 Å². The summed E-state index contributed by atoms with van der Waals surface area (Å²) in [5.41, 5.74) is 4.83. The summed E-state index contributed by atoms with van der Waals surface area (Å²) in [6.45, 7) is 19.6. The molecule has 2 rings (SSSR count). The second-order valence-corrected chi connectivity index (χ2v) is 13.3. The van der Waals surface area contributed by atoms with E-state index in [-0.39, 0.29) is 34.4 Å². The Morgan fingerprint density at radius 2 is 1.38 bits per heavy atom. The van der Waals surface area contributed by atoms with E-state index in [1.807, 2.05) is 20.8 Å². The second-order valence-electron chi connectivity index (χ2n) is 10.2. The van der Waals surface area contributed by atoms with Gasteiger partial charge in [-0.1, -0.05) is 0 Å². The molecule has 0 saturated heterocycles. The number of hydrogen-bond donors (Lipinski definition) is 0. The van der Waals surface area contributed by atoms with Crippen molar-refractivity contribution in [3.05, 3.63) is 46.1 Å². The first kappa shape index (κ1) is 30.9. The molecule has 1 heterocycles. The third-order valence-electron chi connectivity index (χ3n) is 5.94.